The zero-order valence-electron chi connectivity index (χ0n) is 19.6. The van der Waals surface area contributed by atoms with E-state index in [1.165, 1.54) is 5.56 Å². The maximum atomic E-state index is 12.7. The zero-order chi connectivity index (χ0) is 22.3. The fourth-order valence-electron chi connectivity index (χ4n) is 4.40. The van der Waals surface area contributed by atoms with Gasteiger partial charge >= 0.3 is 0 Å². The van der Waals surface area contributed by atoms with Crippen LogP contribution in [0.25, 0.3) is 0 Å². The third-order valence-corrected chi connectivity index (χ3v) is 6.31. The molecule has 0 aromatic heterocycles. The second-order valence-electron chi connectivity index (χ2n) is 8.87. The first-order valence-corrected chi connectivity index (χ1v) is 12.1. The Bertz CT molecular complexity index is 836. The summed E-state index contributed by atoms with van der Waals surface area (Å²) in [5.41, 5.74) is 2.33. The number of rotatable bonds is 8. The monoisotopic (exact) mass is 568 g/mol. The second-order valence-corrected chi connectivity index (χ2v) is 8.87. The summed E-state index contributed by atoms with van der Waals surface area (Å²) in [6.45, 7) is 8.21. The van der Waals surface area contributed by atoms with E-state index in [2.05, 4.69) is 33.4 Å². The van der Waals surface area contributed by atoms with Crippen molar-refractivity contribution in [3.63, 3.8) is 0 Å². The molecular weight excluding hydrogens is 531 g/mol. The molecule has 0 radical (unpaired) electrons. The number of carbonyl (C=O) groups is 2. The van der Waals surface area contributed by atoms with E-state index in [0.717, 1.165) is 76.6 Å². The molecule has 1 saturated carbocycles. The van der Waals surface area contributed by atoms with E-state index in [-0.39, 0.29) is 35.8 Å². The van der Waals surface area contributed by atoms with Crippen molar-refractivity contribution in [3.05, 3.63) is 29.8 Å². The Kier molecular flexibility index (Phi) is 9.78. The number of fused-ring (bicyclic) bond motifs is 1. The van der Waals surface area contributed by atoms with E-state index < -0.39 is 0 Å². The smallest absolute Gasteiger partial charge is 0.234 e. The number of para-hydroxylation sites is 1. The number of halogens is 1. The van der Waals surface area contributed by atoms with Gasteiger partial charge in [0, 0.05) is 64.0 Å². The molecule has 1 saturated heterocycles. The quantitative estimate of drug-likeness (QED) is 0.217. The summed E-state index contributed by atoms with van der Waals surface area (Å²) in [6, 6.07) is 8.60. The largest absolute Gasteiger partial charge is 0.357 e. The van der Waals surface area contributed by atoms with Crippen LogP contribution >= 0.6 is 24.0 Å². The summed E-state index contributed by atoms with van der Waals surface area (Å²) in [6.07, 6.45) is 4.45. The van der Waals surface area contributed by atoms with Crippen molar-refractivity contribution in [1.82, 2.24) is 20.4 Å². The number of carbonyl (C=O) groups excluding carboxylic acids is 2. The number of anilines is 1. The fourth-order valence-corrected chi connectivity index (χ4v) is 4.40. The highest BCUT2D eigenvalue weighted by Crippen LogP contribution is 2.28. The lowest BCUT2D eigenvalue weighted by Crippen LogP contribution is -2.54. The number of hydrogen-bond acceptors (Lipinski definition) is 4. The summed E-state index contributed by atoms with van der Waals surface area (Å²) in [5, 5.41) is 6.44. The molecule has 1 aromatic carbocycles. The third kappa shape index (κ3) is 7.30. The van der Waals surface area contributed by atoms with Gasteiger partial charge in [0.05, 0.1) is 6.54 Å². The molecule has 9 heteroatoms. The van der Waals surface area contributed by atoms with Crippen LogP contribution in [0.2, 0.25) is 0 Å². The summed E-state index contributed by atoms with van der Waals surface area (Å²) < 4.78 is 0. The van der Waals surface area contributed by atoms with Crippen molar-refractivity contribution in [2.75, 3.05) is 57.3 Å². The Morgan fingerprint density at radius 2 is 1.85 bits per heavy atom. The molecule has 4 rings (SSSR count). The lowest BCUT2D eigenvalue weighted by atomic mass is 10.2. The van der Waals surface area contributed by atoms with Gasteiger partial charge in [-0.05, 0) is 44.2 Å². The molecule has 1 aliphatic carbocycles. The average Bonchev–Trinajstić information content (AvgIpc) is 3.50. The zero-order valence-corrected chi connectivity index (χ0v) is 21.9. The van der Waals surface area contributed by atoms with Crippen LogP contribution in [-0.4, -0.2) is 86.0 Å². The summed E-state index contributed by atoms with van der Waals surface area (Å²) in [5.74, 6) is 1.24. The van der Waals surface area contributed by atoms with Crippen LogP contribution in [0.3, 0.4) is 0 Å². The van der Waals surface area contributed by atoms with Crippen LogP contribution in [0.4, 0.5) is 5.69 Å². The number of nitrogens with one attached hydrogen (secondary N) is 2. The van der Waals surface area contributed by atoms with Gasteiger partial charge in [0.15, 0.2) is 5.96 Å². The first-order valence-electron chi connectivity index (χ1n) is 12.1. The normalized spacial score (nSPS) is 18.5. The average molecular weight is 569 g/mol. The standard InChI is InChI=1S/C24H36N6O2.HI/c1-2-25-24(29-16-14-28(15-17-29)18-22(31)27-20-9-10-20)26-12-5-8-23(32)30-13-11-19-6-3-4-7-21(19)30;/h3-4,6-7,20H,2,5,8-18H2,1H3,(H,25,26)(H,27,31);1H. The summed E-state index contributed by atoms with van der Waals surface area (Å²) >= 11 is 0. The molecular formula is C24H37IN6O2. The number of benzene rings is 1. The van der Waals surface area contributed by atoms with Crippen LogP contribution in [-0.2, 0) is 16.0 Å². The molecule has 1 aromatic rings. The van der Waals surface area contributed by atoms with Crippen LogP contribution in [0.5, 0.6) is 0 Å². The highest BCUT2D eigenvalue weighted by Gasteiger charge is 2.26. The van der Waals surface area contributed by atoms with Crippen LogP contribution in [0.15, 0.2) is 29.3 Å². The number of aliphatic imine (C=N–C) groups is 1. The van der Waals surface area contributed by atoms with Crippen molar-refractivity contribution < 1.29 is 9.59 Å². The molecule has 2 N–H and O–H groups in total. The predicted octanol–water partition coefficient (Wildman–Crippen LogP) is 1.84. The third-order valence-electron chi connectivity index (χ3n) is 6.31. The Hall–Kier alpha value is -1.88. The van der Waals surface area contributed by atoms with Gasteiger partial charge in [-0.15, -0.1) is 24.0 Å². The minimum Gasteiger partial charge on any atom is -0.357 e. The van der Waals surface area contributed by atoms with E-state index in [0.29, 0.717) is 25.6 Å². The van der Waals surface area contributed by atoms with E-state index in [9.17, 15) is 9.59 Å². The van der Waals surface area contributed by atoms with Crippen LogP contribution in [0, 0.1) is 0 Å². The lowest BCUT2D eigenvalue weighted by molar-refractivity contribution is -0.122. The lowest BCUT2D eigenvalue weighted by Gasteiger charge is -2.36. The first-order chi connectivity index (χ1) is 15.6. The van der Waals surface area contributed by atoms with Gasteiger partial charge in [-0.3, -0.25) is 19.5 Å². The molecule has 0 spiro atoms. The highest BCUT2D eigenvalue weighted by molar-refractivity contribution is 14.0. The van der Waals surface area contributed by atoms with Gasteiger partial charge in [0.25, 0.3) is 0 Å². The van der Waals surface area contributed by atoms with Crippen molar-refractivity contribution in [1.29, 1.82) is 0 Å². The van der Waals surface area contributed by atoms with E-state index in [1.54, 1.807) is 0 Å². The molecule has 2 fully saturated rings. The fraction of sp³-hybridized carbons (Fsp3) is 0.625. The summed E-state index contributed by atoms with van der Waals surface area (Å²) in [7, 11) is 0. The Morgan fingerprint density at radius 1 is 1.09 bits per heavy atom. The van der Waals surface area contributed by atoms with Gasteiger partial charge in [0.2, 0.25) is 11.8 Å². The number of amides is 2. The van der Waals surface area contributed by atoms with Crippen LogP contribution < -0.4 is 15.5 Å². The van der Waals surface area contributed by atoms with Crippen molar-refractivity contribution in [2.24, 2.45) is 4.99 Å². The van der Waals surface area contributed by atoms with Gasteiger partial charge in [-0.2, -0.15) is 0 Å². The molecule has 8 nitrogen and oxygen atoms in total. The molecule has 33 heavy (non-hydrogen) atoms. The van der Waals surface area contributed by atoms with E-state index in [1.807, 2.05) is 23.1 Å². The number of hydrogen-bond donors (Lipinski definition) is 2. The maximum absolute atomic E-state index is 12.7. The number of piperazine rings is 1. The van der Waals surface area contributed by atoms with E-state index in [4.69, 9.17) is 4.99 Å². The van der Waals surface area contributed by atoms with Crippen LogP contribution in [0.1, 0.15) is 38.2 Å². The van der Waals surface area contributed by atoms with Crippen molar-refractivity contribution >= 4 is 47.4 Å². The second kappa shape index (κ2) is 12.5. The molecule has 182 valence electrons. The first kappa shape index (κ1) is 25.7. The Morgan fingerprint density at radius 3 is 2.58 bits per heavy atom. The minimum absolute atomic E-state index is 0. The summed E-state index contributed by atoms with van der Waals surface area (Å²) in [4.78, 5) is 35.9. The van der Waals surface area contributed by atoms with Crippen molar-refractivity contribution in [2.45, 2.75) is 45.1 Å². The molecule has 2 aliphatic heterocycles. The molecule has 0 bridgehead atoms. The minimum atomic E-state index is 0. The van der Waals surface area contributed by atoms with Gasteiger partial charge in [0.1, 0.15) is 0 Å². The van der Waals surface area contributed by atoms with Gasteiger partial charge < -0.3 is 20.4 Å². The number of guanidine groups is 1. The maximum Gasteiger partial charge on any atom is 0.234 e. The van der Waals surface area contributed by atoms with E-state index >= 15 is 0 Å². The molecule has 0 atom stereocenters. The Balaban J connectivity index is 0.00000306. The molecule has 3 aliphatic rings. The van der Waals surface area contributed by atoms with Crippen molar-refractivity contribution in [3.8, 4) is 0 Å². The number of nitrogens with zero attached hydrogens (tertiary/aromatic N) is 4. The molecule has 0 unspecified atom stereocenters. The molecule has 2 amide bonds. The predicted molar refractivity (Wildman–Crippen MR) is 142 cm³/mol. The van der Waals surface area contributed by atoms with Gasteiger partial charge in [-0.25, -0.2) is 0 Å². The SMILES string of the molecule is CCNC(=NCCCC(=O)N1CCc2ccccc21)N1CCN(CC(=O)NC2CC2)CC1.I. The van der Waals surface area contributed by atoms with Gasteiger partial charge in [-0.1, -0.05) is 18.2 Å². The topological polar surface area (TPSA) is 80.3 Å². The highest BCUT2D eigenvalue weighted by atomic mass is 127. The Labute approximate surface area is 214 Å². The molecule has 2 heterocycles.